The summed E-state index contributed by atoms with van der Waals surface area (Å²) < 4.78 is 5.69. The van der Waals surface area contributed by atoms with Crippen molar-refractivity contribution >= 4 is 11.6 Å². The molecule has 1 N–H and O–H groups in total. The first-order valence-corrected chi connectivity index (χ1v) is 7.74. The molecule has 0 saturated carbocycles. The highest BCUT2D eigenvalue weighted by Crippen LogP contribution is 2.28. The Kier molecular flexibility index (Phi) is 5.66. The minimum atomic E-state index is 0.186. The lowest BCUT2D eigenvalue weighted by Gasteiger charge is -2.13. The van der Waals surface area contributed by atoms with Gasteiger partial charge >= 0.3 is 0 Å². The predicted octanol–water partition coefficient (Wildman–Crippen LogP) is 4.90. The van der Waals surface area contributed by atoms with Gasteiger partial charge in [-0.25, -0.2) is 0 Å². The van der Waals surface area contributed by atoms with Crippen molar-refractivity contribution in [3.8, 4) is 16.9 Å². The van der Waals surface area contributed by atoms with Crippen LogP contribution in [0, 0.1) is 0 Å². The quantitative estimate of drug-likeness (QED) is 0.819. The molecule has 2 nitrogen and oxygen atoms in total. The molecule has 0 aliphatic heterocycles. The number of nitrogens with one attached hydrogen (secondary N) is 1. The van der Waals surface area contributed by atoms with E-state index in [1.165, 1.54) is 11.1 Å². The van der Waals surface area contributed by atoms with Crippen LogP contribution in [0.25, 0.3) is 11.1 Å². The minimum absolute atomic E-state index is 0.186. The van der Waals surface area contributed by atoms with E-state index in [2.05, 4.69) is 30.4 Å². The van der Waals surface area contributed by atoms with E-state index in [0.29, 0.717) is 0 Å². The van der Waals surface area contributed by atoms with Crippen LogP contribution in [0.15, 0.2) is 42.5 Å². The second-order valence-electron chi connectivity index (χ2n) is 5.27. The van der Waals surface area contributed by atoms with Crippen LogP contribution in [0.5, 0.6) is 5.75 Å². The molecule has 2 rings (SSSR count). The van der Waals surface area contributed by atoms with Gasteiger partial charge in [0.2, 0.25) is 0 Å². The van der Waals surface area contributed by atoms with Gasteiger partial charge in [0, 0.05) is 11.6 Å². The van der Waals surface area contributed by atoms with Crippen LogP contribution in [0.2, 0.25) is 5.02 Å². The second kappa shape index (κ2) is 7.48. The average Bonchev–Trinajstić information content (AvgIpc) is 2.46. The largest absolute Gasteiger partial charge is 0.491 e. The molecule has 0 spiro atoms. The van der Waals surface area contributed by atoms with Gasteiger partial charge in [-0.05, 0) is 61.3 Å². The number of hydrogen-bond acceptors (Lipinski definition) is 2. The summed E-state index contributed by atoms with van der Waals surface area (Å²) in [5, 5.41) is 4.12. The number of halogens is 1. The van der Waals surface area contributed by atoms with Crippen molar-refractivity contribution in [1.82, 2.24) is 5.32 Å². The third kappa shape index (κ3) is 4.48. The van der Waals surface area contributed by atoms with Gasteiger partial charge in [0.1, 0.15) is 5.75 Å². The summed E-state index contributed by atoms with van der Waals surface area (Å²) in [6.45, 7) is 7.95. The van der Waals surface area contributed by atoms with Crippen LogP contribution in [-0.4, -0.2) is 12.6 Å². The third-order valence-electron chi connectivity index (χ3n) is 3.17. The summed E-state index contributed by atoms with van der Waals surface area (Å²) in [6.07, 6.45) is 0.186. The number of benzene rings is 2. The summed E-state index contributed by atoms with van der Waals surface area (Å²) >= 11 is 6.16. The van der Waals surface area contributed by atoms with E-state index < -0.39 is 0 Å². The van der Waals surface area contributed by atoms with E-state index in [9.17, 15) is 0 Å². The number of hydrogen-bond donors (Lipinski definition) is 1. The lowest BCUT2D eigenvalue weighted by atomic mass is 9.99. The molecule has 0 radical (unpaired) electrons. The second-order valence-corrected chi connectivity index (χ2v) is 5.71. The SMILES string of the molecule is CCNCc1ccc(Cl)cc1-c1ccc(OC(C)C)cc1. The fourth-order valence-electron chi connectivity index (χ4n) is 2.22. The molecule has 0 amide bonds. The Balaban J connectivity index is 2.29. The van der Waals surface area contributed by atoms with Crippen LogP contribution in [0.4, 0.5) is 0 Å². The zero-order valence-electron chi connectivity index (χ0n) is 12.8. The number of rotatable bonds is 6. The van der Waals surface area contributed by atoms with Crippen molar-refractivity contribution < 1.29 is 4.74 Å². The molecule has 0 aromatic heterocycles. The summed E-state index contributed by atoms with van der Waals surface area (Å²) in [7, 11) is 0. The van der Waals surface area contributed by atoms with Gasteiger partial charge in [0.05, 0.1) is 6.10 Å². The molecule has 0 heterocycles. The Morgan fingerprint density at radius 2 is 1.81 bits per heavy atom. The van der Waals surface area contributed by atoms with Crippen molar-refractivity contribution in [1.29, 1.82) is 0 Å². The zero-order chi connectivity index (χ0) is 15.2. The molecule has 0 atom stereocenters. The summed E-state index contributed by atoms with van der Waals surface area (Å²) in [6, 6.07) is 14.2. The Hall–Kier alpha value is -1.51. The van der Waals surface area contributed by atoms with Crippen LogP contribution in [0.3, 0.4) is 0 Å². The maximum Gasteiger partial charge on any atom is 0.119 e. The van der Waals surface area contributed by atoms with Crippen molar-refractivity contribution in [2.24, 2.45) is 0 Å². The van der Waals surface area contributed by atoms with Gasteiger partial charge in [-0.15, -0.1) is 0 Å². The predicted molar refractivity (Wildman–Crippen MR) is 90.0 cm³/mol. The molecule has 2 aromatic carbocycles. The zero-order valence-corrected chi connectivity index (χ0v) is 13.6. The fourth-order valence-corrected chi connectivity index (χ4v) is 2.39. The summed E-state index contributed by atoms with van der Waals surface area (Å²) in [4.78, 5) is 0. The van der Waals surface area contributed by atoms with Gasteiger partial charge < -0.3 is 10.1 Å². The Bertz CT molecular complexity index is 578. The highest BCUT2D eigenvalue weighted by molar-refractivity contribution is 6.30. The minimum Gasteiger partial charge on any atom is -0.491 e. The molecular formula is C18H22ClNO. The van der Waals surface area contributed by atoms with Gasteiger partial charge in [0.25, 0.3) is 0 Å². The van der Waals surface area contributed by atoms with E-state index in [0.717, 1.165) is 29.4 Å². The average molecular weight is 304 g/mol. The van der Waals surface area contributed by atoms with Crippen LogP contribution < -0.4 is 10.1 Å². The van der Waals surface area contributed by atoms with Gasteiger partial charge in [-0.2, -0.15) is 0 Å². The maximum atomic E-state index is 6.16. The smallest absolute Gasteiger partial charge is 0.119 e. The first kappa shape index (κ1) is 15.9. The first-order chi connectivity index (χ1) is 10.1. The molecule has 0 fully saturated rings. The first-order valence-electron chi connectivity index (χ1n) is 7.36. The van der Waals surface area contributed by atoms with Crippen molar-refractivity contribution in [3.05, 3.63) is 53.1 Å². The van der Waals surface area contributed by atoms with Crippen LogP contribution in [0.1, 0.15) is 26.3 Å². The monoisotopic (exact) mass is 303 g/mol. The van der Waals surface area contributed by atoms with Gasteiger partial charge in [0.15, 0.2) is 0 Å². The van der Waals surface area contributed by atoms with E-state index >= 15 is 0 Å². The molecule has 0 bridgehead atoms. The van der Waals surface area contributed by atoms with E-state index in [4.69, 9.17) is 16.3 Å². The third-order valence-corrected chi connectivity index (χ3v) is 3.41. The van der Waals surface area contributed by atoms with Crippen LogP contribution in [-0.2, 0) is 6.54 Å². The molecule has 0 aliphatic carbocycles. The Morgan fingerprint density at radius 3 is 2.43 bits per heavy atom. The molecule has 0 saturated heterocycles. The van der Waals surface area contributed by atoms with Crippen LogP contribution >= 0.6 is 11.6 Å². The summed E-state index contributed by atoms with van der Waals surface area (Å²) in [5.41, 5.74) is 3.57. The van der Waals surface area contributed by atoms with Crippen molar-refractivity contribution in [3.63, 3.8) is 0 Å². The standard InChI is InChI=1S/C18H22ClNO/c1-4-20-12-15-5-8-16(19)11-18(15)14-6-9-17(10-7-14)21-13(2)3/h5-11,13,20H,4,12H2,1-3H3. The lowest BCUT2D eigenvalue weighted by molar-refractivity contribution is 0.242. The molecular weight excluding hydrogens is 282 g/mol. The molecule has 2 aromatic rings. The normalized spacial score (nSPS) is 10.9. The molecule has 21 heavy (non-hydrogen) atoms. The summed E-state index contributed by atoms with van der Waals surface area (Å²) in [5.74, 6) is 0.893. The maximum absolute atomic E-state index is 6.16. The van der Waals surface area contributed by atoms with E-state index in [1.807, 2.05) is 38.1 Å². The van der Waals surface area contributed by atoms with E-state index in [1.54, 1.807) is 0 Å². The Labute approximate surface area is 132 Å². The highest BCUT2D eigenvalue weighted by atomic mass is 35.5. The van der Waals surface area contributed by atoms with Crippen molar-refractivity contribution in [2.75, 3.05) is 6.54 Å². The lowest BCUT2D eigenvalue weighted by Crippen LogP contribution is -2.12. The number of ether oxygens (including phenoxy) is 1. The van der Waals surface area contributed by atoms with Gasteiger partial charge in [-0.1, -0.05) is 36.7 Å². The Morgan fingerprint density at radius 1 is 1.10 bits per heavy atom. The molecule has 0 unspecified atom stereocenters. The molecule has 3 heteroatoms. The fraction of sp³-hybridized carbons (Fsp3) is 0.333. The van der Waals surface area contributed by atoms with Crippen molar-refractivity contribution in [2.45, 2.75) is 33.4 Å². The van der Waals surface area contributed by atoms with Gasteiger partial charge in [-0.3, -0.25) is 0 Å². The topological polar surface area (TPSA) is 21.3 Å². The molecule has 0 aliphatic rings. The molecule has 112 valence electrons. The highest BCUT2D eigenvalue weighted by Gasteiger charge is 2.07. The van der Waals surface area contributed by atoms with E-state index in [-0.39, 0.29) is 6.10 Å².